The van der Waals surface area contributed by atoms with Crippen molar-refractivity contribution < 1.29 is 4.42 Å². The van der Waals surface area contributed by atoms with Crippen molar-refractivity contribution in [3.05, 3.63) is 58.6 Å². The molecular weight excluding hydrogens is 304 g/mol. The number of pyridine rings is 1. The van der Waals surface area contributed by atoms with Gasteiger partial charge in [0.15, 0.2) is 0 Å². The fourth-order valence-corrected chi connectivity index (χ4v) is 2.39. The molecule has 0 saturated heterocycles. The smallest absolute Gasteiger partial charge is 0.125 e. The summed E-state index contributed by atoms with van der Waals surface area (Å²) in [4.78, 5) is 4.46. The van der Waals surface area contributed by atoms with E-state index in [0.717, 1.165) is 32.4 Å². The molecule has 3 nitrogen and oxygen atoms in total. The number of para-hydroxylation sites is 1. The van der Waals surface area contributed by atoms with Crippen LogP contribution in [0.4, 0.5) is 5.69 Å². The molecule has 0 saturated carbocycles. The number of nitrogens with zero attached hydrogens (tertiary/aromatic N) is 1. The minimum Gasteiger partial charge on any atom is -0.467 e. The van der Waals surface area contributed by atoms with E-state index in [9.17, 15) is 0 Å². The molecule has 2 aromatic heterocycles. The molecule has 3 rings (SSSR count). The maximum Gasteiger partial charge on any atom is 0.125 e. The number of halogens is 1. The average Bonchev–Trinajstić information content (AvgIpc) is 2.81. The van der Waals surface area contributed by atoms with Crippen LogP contribution in [0.3, 0.4) is 0 Å². The predicted octanol–water partition coefficient (Wildman–Crippen LogP) is 4.51. The molecule has 3 aromatic rings. The Hall–Kier alpha value is -1.81. The SMILES string of the molecule is Cc1ccoc1CNc1cccc2cc(Br)cnc12. The van der Waals surface area contributed by atoms with Crippen LogP contribution in [0.1, 0.15) is 11.3 Å². The van der Waals surface area contributed by atoms with Gasteiger partial charge in [0.1, 0.15) is 5.76 Å². The quantitative estimate of drug-likeness (QED) is 0.772. The van der Waals surface area contributed by atoms with E-state index >= 15 is 0 Å². The van der Waals surface area contributed by atoms with Crippen molar-refractivity contribution >= 4 is 32.5 Å². The summed E-state index contributed by atoms with van der Waals surface area (Å²) < 4.78 is 6.41. The number of benzene rings is 1. The lowest BCUT2D eigenvalue weighted by Crippen LogP contribution is -2.00. The predicted molar refractivity (Wildman–Crippen MR) is 80.2 cm³/mol. The highest BCUT2D eigenvalue weighted by molar-refractivity contribution is 9.10. The second-order valence-electron chi connectivity index (χ2n) is 4.41. The molecule has 1 N–H and O–H groups in total. The van der Waals surface area contributed by atoms with Crippen molar-refractivity contribution in [1.29, 1.82) is 0 Å². The lowest BCUT2D eigenvalue weighted by molar-refractivity contribution is 0.515. The monoisotopic (exact) mass is 316 g/mol. The maximum atomic E-state index is 5.43. The Morgan fingerprint density at radius 1 is 1.32 bits per heavy atom. The van der Waals surface area contributed by atoms with Crippen molar-refractivity contribution in [2.24, 2.45) is 0 Å². The van der Waals surface area contributed by atoms with Gasteiger partial charge in [0.2, 0.25) is 0 Å². The van der Waals surface area contributed by atoms with Gasteiger partial charge in [-0.1, -0.05) is 12.1 Å². The van der Waals surface area contributed by atoms with Crippen LogP contribution in [0, 0.1) is 6.92 Å². The summed E-state index contributed by atoms with van der Waals surface area (Å²) in [5.41, 5.74) is 3.14. The fraction of sp³-hybridized carbons (Fsp3) is 0.133. The molecule has 0 amide bonds. The maximum absolute atomic E-state index is 5.43. The van der Waals surface area contributed by atoms with Crippen LogP contribution in [-0.2, 0) is 6.54 Å². The topological polar surface area (TPSA) is 38.1 Å². The summed E-state index contributed by atoms with van der Waals surface area (Å²) in [6.07, 6.45) is 3.52. The van der Waals surface area contributed by atoms with Gasteiger partial charge in [-0.05, 0) is 46.6 Å². The van der Waals surface area contributed by atoms with Crippen molar-refractivity contribution in [2.75, 3.05) is 5.32 Å². The first-order valence-corrected chi connectivity index (χ1v) is 6.84. The lowest BCUT2D eigenvalue weighted by atomic mass is 10.2. The van der Waals surface area contributed by atoms with Gasteiger partial charge in [0.25, 0.3) is 0 Å². The van der Waals surface area contributed by atoms with Crippen LogP contribution < -0.4 is 5.32 Å². The Kier molecular flexibility index (Phi) is 3.25. The van der Waals surface area contributed by atoms with Crippen LogP contribution >= 0.6 is 15.9 Å². The second kappa shape index (κ2) is 5.05. The zero-order valence-corrected chi connectivity index (χ0v) is 12.1. The van der Waals surface area contributed by atoms with Crippen LogP contribution in [0.5, 0.6) is 0 Å². The number of anilines is 1. The molecule has 0 bridgehead atoms. The Bertz CT molecular complexity index is 721. The molecule has 0 atom stereocenters. The van der Waals surface area contributed by atoms with E-state index in [-0.39, 0.29) is 0 Å². The third-order valence-corrected chi connectivity index (χ3v) is 3.52. The standard InChI is InChI=1S/C15H13BrN2O/c1-10-5-6-19-14(10)9-17-13-4-2-3-11-7-12(16)8-18-15(11)13/h2-8,17H,9H2,1H3. The molecule has 0 spiro atoms. The minimum absolute atomic E-state index is 0.662. The number of rotatable bonds is 3. The molecule has 96 valence electrons. The van der Waals surface area contributed by atoms with Gasteiger partial charge < -0.3 is 9.73 Å². The Balaban J connectivity index is 1.91. The molecule has 0 aliphatic heterocycles. The minimum atomic E-state index is 0.662. The van der Waals surface area contributed by atoms with Crippen molar-refractivity contribution in [3.8, 4) is 0 Å². The third kappa shape index (κ3) is 2.49. The molecule has 19 heavy (non-hydrogen) atoms. The number of hydrogen-bond donors (Lipinski definition) is 1. The molecule has 1 aromatic carbocycles. The summed E-state index contributed by atoms with van der Waals surface area (Å²) in [7, 11) is 0. The number of aryl methyl sites for hydroxylation is 1. The second-order valence-corrected chi connectivity index (χ2v) is 5.33. The number of aromatic nitrogens is 1. The van der Waals surface area contributed by atoms with E-state index < -0.39 is 0 Å². The Morgan fingerprint density at radius 2 is 2.21 bits per heavy atom. The molecule has 4 heteroatoms. The molecule has 0 unspecified atom stereocenters. The first-order chi connectivity index (χ1) is 9.24. The highest BCUT2D eigenvalue weighted by Gasteiger charge is 2.05. The fourth-order valence-electron chi connectivity index (χ4n) is 2.04. The number of fused-ring (bicyclic) bond motifs is 1. The zero-order chi connectivity index (χ0) is 13.2. The van der Waals surface area contributed by atoms with E-state index in [2.05, 4.69) is 38.4 Å². The van der Waals surface area contributed by atoms with Crippen LogP contribution in [0.2, 0.25) is 0 Å². The van der Waals surface area contributed by atoms with Gasteiger partial charge in [-0.2, -0.15) is 0 Å². The number of furan rings is 1. The largest absolute Gasteiger partial charge is 0.467 e. The first kappa shape index (κ1) is 12.2. The summed E-state index contributed by atoms with van der Waals surface area (Å²) >= 11 is 3.44. The van der Waals surface area contributed by atoms with Crippen molar-refractivity contribution in [3.63, 3.8) is 0 Å². The summed E-state index contributed by atoms with van der Waals surface area (Å²) in [5, 5.41) is 4.49. The van der Waals surface area contributed by atoms with Gasteiger partial charge >= 0.3 is 0 Å². The van der Waals surface area contributed by atoms with Gasteiger partial charge in [0.05, 0.1) is 24.0 Å². The Morgan fingerprint density at radius 3 is 3.00 bits per heavy atom. The number of nitrogens with one attached hydrogen (secondary N) is 1. The zero-order valence-electron chi connectivity index (χ0n) is 10.5. The van der Waals surface area contributed by atoms with Crippen LogP contribution in [0.15, 0.2) is 51.7 Å². The molecule has 2 heterocycles. The van der Waals surface area contributed by atoms with E-state index in [1.807, 2.05) is 31.3 Å². The van der Waals surface area contributed by atoms with Gasteiger partial charge in [-0.3, -0.25) is 4.98 Å². The summed E-state index contributed by atoms with van der Waals surface area (Å²) in [6.45, 7) is 2.70. The summed E-state index contributed by atoms with van der Waals surface area (Å²) in [6, 6.07) is 10.1. The molecule has 0 aliphatic carbocycles. The molecule has 0 aliphatic rings. The molecule has 0 radical (unpaired) electrons. The lowest BCUT2D eigenvalue weighted by Gasteiger charge is -2.08. The first-order valence-electron chi connectivity index (χ1n) is 6.05. The van der Waals surface area contributed by atoms with Crippen molar-refractivity contribution in [2.45, 2.75) is 13.5 Å². The van der Waals surface area contributed by atoms with Gasteiger partial charge in [-0.25, -0.2) is 0 Å². The highest BCUT2D eigenvalue weighted by Crippen LogP contribution is 2.24. The number of hydrogen-bond acceptors (Lipinski definition) is 3. The van der Waals surface area contributed by atoms with E-state index in [1.165, 1.54) is 0 Å². The highest BCUT2D eigenvalue weighted by atomic mass is 79.9. The van der Waals surface area contributed by atoms with Crippen LogP contribution in [-0.4, -0.2) is 4.98 Å². The van der Waals surface area contributed by atoms with Crippen molar-refractivity contribution in [1.82, 2.24) is 4.98 Å². The van der Waals surface area contributed by atoms with E-state index in [1.54, 1.807) is 6.26 Å². The Labute approximate surface area is 119 Å². The normalized spacial score (nSPS) is 10.8. The summed E-state index contributed by atoms with van der Waals surface area (Å²) in [5.74, 6) is 0.953. The van der Waals surface area contributed by atoms with Gasteiger partial charge in [-0.15, -0.1) is 0 Å². The average molecular weight is 317 g/mol. The van der Waals surface area contributed by atoms with Gasteiger partial charge in [0, 0.05) is 16.1 Å². The van der Waals surface area contributed by atoms with E-state index in [4.69, 9.17) is 4.42 Å². The van der Waals surface area contributed by atoms with E-state index in [0.29, 0.717) is 6.54 Å². The molecule has 0 fully saturated rings. The molecular formula is C15H13BrN2O. The third-order valence-electron chi connectivity index (χ3n) is 3.09. The van der Waals surface area contributed by atoms with Crippen LogP contribution in [0.25, 0.3) is 10.9 Å².